The Balaban J connectivity index is 1.64. The van der Waals surface area contributed by atoms with Gasteiger partial charge in [0.25, 0.3) is 0 Å². The second-order valence-corrected chi connectivity index (χ2v) is 7.17. The number of benzene rings is 1. The summed E-state index contributed by atoms with van der Waals surface area (Å²) in [4.78, 5) is 5.01. The number of hydrogen-bond acceptors (Lipinski definition) is 3. The Labute approximate surface area is 129 Å². The van der Waals surface area contributed by atoms with Gasteiger partial charge in [0, 0.05) is 36.8 Å². The molecule has 0 spiro atoms. The predicted octanol–water partition coefficient (Wildman–Crippen LogP) is 3.00. The van der Waals surface area contributed by atoms with Crippen molar-refractivity contribution >= 4 is 5.69 Å². The molecule has 1 fully saturated rings. The van der Waals surface area contributed by atoms with Crippen molar-refractivity contribution in [2.75, 3.05) is 46.1 Å². The SMILES string of the molecule is CN(CC1CCNc2ccccc21)CC1(N(C)C)CCC1. The molecule has 0 aromatic heterocycles. The summed E-state index contributed by atoms with van der Waals surface area (Å²) in [5.41, 5.74) is 3.28. The number of para-hydroxylation sites is 1. The van der Waals surface area contributed by atoms with Crippen LogP contribution >= 0.6 is 0 Å². The van der Waals surface area contributed by atoms with Crippen LogP contribution in [-0.2, 0) is 0 Å². The van der Waals surface area contributed by atoms with E-state index in [9.17, 15) is 0 Å². The minimum absolute atomic E-state index is 0.432. The van der Waals surface area contributed by atoms with Crippen LogP contribution in [0.1, 0.15) is 37.2 Å². The van der Waals surface area contributed by atoms with Crippen LogP contribution in [0, 0.1) is 0 Å². The van der Waals surface area contributed by atoms with Crippen LogP contribution in [0.3, 0.4) is 0 Å². The van der Waals surface area contributed by atoms with E-state index in [4.69, 9.17) is 0 Å². The van der Waals surface area contributed by atoms with Gasteiger partial charge in [0.1, 0.15) is 0 Å². The lowest BCUT2D eigenvalue weighted by molar-refractivity contribution is 0.0262. The number of hydrogen-bond donors (Lipinski definition) is 1. The first-order chi connectivity index (χ1) is 10.1. The average Bonchev–Trinajstić information content (AvgIpc) is 2.43. The summed E-state index contributed by atoms with van der Waals surface area (Å²) >= 11 is 0. The molecule has 1 N–H and O–H groups in total. The third kappa shape index (κ3) is 2.95. The molecule has 1 aromatic rings. The van der Waals surface area contributed by atoms with E-state index in [0.29, 0.717) is 11.5 Å². The molecule has 3 rings (SSSR count). The quantitative estimate of drug-likeness (QED) is 0.898. The number of nitrogens with one attached hydrogen (secondary N) is 1. The summed E-state index contributed by atoms with van der Waals surface area (Å²) in [6, 6.07) is 8.82. The Morgan fingerprint density at radius 3 is 2.62 bits per heavy atom. The first kappa shape index (κ1) is 14.9. The van der Waals surface area contributed by atoms with E-state index in [1.165, 1.54) is 50.0 Å². The molecule has 0 saturated heterocycles. The fraction of sp³-hybridized carbons (Fsp3) is 0.667. The van der Waals surface area contributed by atoms with Crippen LogP contribution in [0.25, 0.3) is 0 Å². The third-order valence-electron chi connectivity index (χ3n) is 5.54. The molecule has 1 atom stereocenters. The van der Waals surface area contributed by atoms with Crippen molar-refractivity contribution in [3.05, 3.63) is 29.8 Å². The van der Waals surface area contributed by atoms with E-state index in [0.717, 1.165) is 6.54 Å². The number of likely N-dealkylation sites (N-methyl/N-ethyl adjacent to an activating group) is 2. The van der Waals surface area contributed by atoms with Gasteiger partial charge in [-0.15, -0.1) is 0 Å². The summed E-state index contributed by atoms with van der Waals surface area (Å²) in [6.07, 6.45) is 5.35. The lowest BCUT2D eigenvalue weighted by Crippen LogP contribution is -2.57. The maximum atomic E-state index is 3.53. The van der Waals surface area contributed by atoms with Gasteiger partial charge in [0.05, 0.1) is 0 Å². The molecule has 1 aliphatic heterocycles. The molecular formula is C18H29N3. The molecule has 0 radical (unpaired) electrons. The maximum absolute atomic E-state index is 3.53. The standard InChI is InChI=1S/C18H29N3/c1-20(2)18(10-6-11-18)14-21(3)13-15-9-12-19-17-8-5-4-7-16(15)17/h4-5,7-8,15,19H,6,9-14H2,1-3H3. The molecule has 1 aliphatic carbocycles. The lowest BCUT2D eigenvalue weighted by atomic mass is 9.75. The summed E-state index contributed by atoms with van der Waals surface area (Å²) in [5, 5.41) is 3.53. The van der Waals surface area contributed by atoms with Gasteiger partial charge >= 0.3 is 0 Å². The largest absolute Gasteiger partial charge is 0.385 e. The van der Waals surface area contributed by atoms with Gasteiger partial charge in [0.2, 0.25) is 0 Å². The van der Waals surface area contributed by atoms with E-state index in [-0.39, 0.29) is 0 Å². The fourth-order valence-electron chi connectivity index (χ4n) is 4.02. The van der Waals surface area contributed by atoms with Crippen LogP contribution in [0.5, 0.6) is 0 Å². The number of nitrogens with zero attached hydrogens (tertiary/aromatic N) is 2. The molecule has 3 heteroatoms. The third-order valence-corrected chi connectivity index (χ3v) is 5.54. The summed E-state index contributed by atoms with van der Waals surface area (Å²) in [7, 11) is 6.79. The van der Waals surface area contributed by atoms with E-state index in [2.05, 4.69) is 60.5 Å². The van der Waals surface area contributed by atoms with E-state index in [1.807, 2.05) is 0 Å². The van der Waals surface area contributed by atoms with Crippen molar-refractivity contribution < 1.29 is 0 Å². The molecule has 1 aromatic carbocycles. The van der Waals surface area contributed by atoms with Crippen molar-refractivity contribution in [3.63, 3.8) is 0 Å². The second-order valence-electron chi connectivity index (χ2n) is 7.17. The topological polar surface area (TPSA) is 18.5 Å². The van der Waals surface area contributed by atoms with Crippen molar-refractivity contribution in [2.45, 2.75) is 37.1 Å². The van der Waals surface area contributed by atoms with Gasteiger partial charge in [0.15, 0.2) is 0 Å². The van der Waals surface area contributed by atoms with E-state index in [1.54, 1.807) is 0 Å². The summed E-state index contributed by atoms with van der Waals surface area (Å²) < 4.78 is 0. The van der Waals surface area contributed by atoms with Gasteiger partial charge in [-0.05, 0) is 58.5 Å². The normalized spacial score (nSPS) is 23.6. The molecular weight excluding hydrogens is 258 g/mol. The van der Waals surface area contributed by atoms with Gasteiger partial charge in [-0.2, -0.15) is 0 Å². The molecule has 116 valence electrons. The van der Waals surface area contributed by atoms with Gasteiger partial charge in [-0.1, -0.05) is 18.2 Å². The molecule has 0 bridgehead atoms. The Bertz CT molecular complexity index is 479. The van der Waals surface area contributed by atoms with Crippen LogP contribution < -0.4 is 5.32 Å². The fourth-order valence-corrected chi connectivity index (χ4v) is 4.02. The molecule has 0 amide bonds. The van der Waals surface area contributed by atoms with Crippen molar-refractivity contribution in [1.82, 2.24) is 9.80 Å². The zero-order valence-electron chi connectivity index (χ0n) is 13.7. The Morgan fingerprint density at radius 2 is 1.95 bits per heavy atom. The summed E-state index contributed by atoms with van der Waals surface area (Å²) in [6.45, 7) is 3.48. The highest BCUT2D eigenvalue weighted by molar-refractivity contribution is 5.54. The minimum atomic E-state index is 0.432. The van der Waals surface area contributed by atoms with E-state index >= 15 is 0 Å². The highest BCUT2D eigenvalue weighted by Gasteiger charge is 2.40. The van der Waals surface area contributed by atoms with Crippen LogP contribution in [-0.4, -0.2) is 56.1 Å². The first-order valence-corrected chi connectivity index (χ1v) is 8.29. The van der Waals surface area contributed by atoms with E-state index < -0.39 is 0 Å². The van der Waals surface area contributed by atoms with Crippen molar-refractivity contribution in [3.8, 4) is 0 Å². The highest BCUT2D eigenvalue weighted by atomic mass is 15.2. The minimum Gasteiger partial charge on any atom is -0.385 e. The molecule has 1 unspecified atom stereocenters. The summed E-state index contributed by atoms with van der Waals surface area (Å²) in [5.74, 6) is 0.673. The van der Waals surface area contributed by atoms with Crippen molar-refractivity contribution in [1.29, 1.82) is 0 Å². The zero-order chi connectivity index (χ0) is 14.9. The van der Waals surface area contributed by atoms with Crippen LogP contribution in [0.2, 0.25) is 0 Å². The first-order valence-electron chi connectivity index (χ1n) is 8.29. The monoisotopic (exact) mass is 287 g/mol. The molecule has 1 heterocycles. The molecule has 21 heavy (non-hydrogen) atoms. The molecule has 1 saturated carbocycles. The predicted molar refractivity (Wildman–Crippen MR) is 90.1 cm³/mol. The van der Waals surface area contributed by atoms with Crippen LogP contribution in [0.4, 0.5) is 5.69 Å². The molecule has 2 aliphatic rings. The highest BCUT2D eigenvalue weighted by Crippen LogP contribution is 2.38. The Morgan fingerprint density at radius 1 is 1.19 bits per heavy atom. The Kier molecular flexibility index (Phi) is 4.23. The maximum Gasteiger partial charge on any atom is 0.0376 e. The number of rotatable bonds is 5. The van der Waals surface area contributed by atoms with Gasteiger partial charge in [-0.25, -0.2) is 0 Å². The van der Waals surface area contributed by atoms with Gasteiger partial charge in [-0.3, -0.25) is 0 Å². The molecule has 3 nitrogen and oxygen atoms in total. The average molecular weight is 287 g/mol. The van der Waals surface area contributed by atoms with Crippen molar-refractivity contribution in [2.24, 2.45) is 0 Å². The smallest absolute Gasteiger partial charge is 0.0376 e. The Hall–Kier alpha value is -1.06. The lowest BCUT2D eigenvalue weighted by Gasteiger charge is -2.49. The van der Waals surface area contributed by atoms with Crippen LogP contribution in [0.15, 0.2) is 24.3 Å². The van der Waals surface area contributed by atoms with Gasteiger partial charge < -0.3 is 15.1 Å². The second kappa shape index (κ2) is 5.98. The number of anilines is 1. The zero-order valence-corrected chi connectivity index (χ0v) is 13.7. The number of fused-ring (bicyclic) bond motifs is 1.